The minimum Gasteiger partial charge on any atom is -0.380 e. The molecular weight excluding hydrogens is 216 g/mol. The Bertz CT molecular complexity index is 398. The predicted octanol–water partition coefficient (Wildman–Crippen LogP) is 1.44. The molecule has 1 N–H and O–H groups in total. The van der Waals surface area contributed by atoms with E-state index in [1.54, 1.807) is 19.2 Å². The van der Waals surface area contributed by atoms with E-state index in [0.29, 0.717) is 12.1 Å². The molecule has 0 heterocycles. The molecule has 4 nitrogen and oxygen atoms in total. The predicted molar refractivity (Wildman–Crippen MR) is 64.3 cm³/mol. The smallest absolute Gasteiger partial charge is 0.241 e. The van der Waals surface area contributed by atoms with Crippen LogP contribution in [0, 0.1) is 11.3 Å². The highest BCUT2D eigenvalue weighted by Crippen LogP contribution is 2.14. The summed E-state index contributed by atoms with van der Waals surface area (Å²) in [4.78, 5) is 11.8. The molecule has 4 heteroatoms. The molecule has 0 spiro atoms. The van der Waals surface area contributed by atoms with Crippen LogP contribution in [0.1, 0.15) is 18.4 Å². The van der Waals surface area contributed by atoms with E-state index in [1.165, 1.54) is 0 Å². The number of carbonyl (C=O) groups excluding carboxylic acids is 1. The first kappa shape index (κ1) is 13.2. The third-order valence-corrected chi connectivity index (χ3v) is 2.49. The summed E-state index contributed by atoms with van der Waals surface area (Å²) in [7, 11) is 1.58. The molecule has 1 aromatic carbocycles. The number of benzene rings is 1. The first-order valence-corrected chi connectivity index (χ1v) is 5.44. The van der Waals surface area contributed by atoms with Crippen molar-refractivity contribution in [2.24, 2.45) is 0 Å². The highest BCUT2D eigenvalue weighted by atomic mass is 16.5. The van der Waals surface area contributed by atoms with Gasteiger partial charge < -0.3 is 10.1 Å². The lowest BCUT2D eigenvalue weighted by atomic mass is 10.00. The van der Waals surface area contributed by atoms with Crippen LogP contribution in [0.3, 0.4) is 0 Å². The highest BCUT2D eigenvalue weighted by molar-refractivity contribution is 5.86. The summed E-state index contributed by atoms with van der Waals surface area (Å²) < 4.78 is 5.02. The maximum Gasteiger partial charge on any atom is 0.241 e. The number of ether oxygens (including phenoxy) is 1. The molecule has 0 saturated heterocycles. The molecule has 1 aromatic rings. The molecule has 0 aliphatic heterocycles. The van der Waals surface area contributed by atoms with Crippen molar-refractivity contribution >= 4 is 5.91 Å². The first-order chi connectivity index (χ1) is 8.19. The Morgan fingerprint density at radius 3 is 2.65 bits per heavy atom. The van der Waals surface area contributed by atoms with Crippen LogP contribution >= 0.6 is 0 Å². The van der Waals surface area contributed by atoms with E-state index < -0.39 is 5.92 Å². The number of methoxy groups -OCH3 is 1. The maximum atomic E-state index is 11.8. The number of hydrogen-bond donors (Lipinski definition) is 1. The topological polar surface area (TPSA) is 62.1 Å². The second-order valence-electron chi connectivity index (χ2n) is 3.76. The average Bonchev–Trinajstić information content (AvgIpc) is 2.38. The number of nitrogens with zero attached hydrogens (tertiary/aromatic N) is 1. The van der Waals surface area contributed by atoms with Gasteiger partial charge in [-0.2, -0.15) is 5.26 Å². The van der Waals surface area contributed by atoms with Crippen LogP contribution in [0.4, 0.5) is 0 Å². The highest BCUT2D eigenvalue weighted by Gasteiger charge is 2.19. The van der Waals surface area contributed by atoms with Crippen LogP contribution in [0.2, 0.25) is 0 Å². The fourth-order valence-electron chi connectivity index (χ4n) is 1.36. The summed E-state index contributed by atoms with van der Waals surface area (Å²) >= 11 is 0. The van der Waals surface area contributed by atoms with Crippen molar-refractivity contribution in [1.82, 2.24) is 5.32 Å². The van der Waals surface area contributed by atoms with Gasteiger partial charge in [0.1, 0.15) is 5.92 Å². The average molecular weight is 232 g/mol. The van der Waals surface area contributed by atoms with Gasteiger partial charge in [0.05, 0.1) is 12.2 Å². The van der Waals surface area contributed by atoms with Gasteiger partial charge in [0.2, 0.25) is 5.91 Å². The number of rotatable bonds is 5. The van der Waals surface area contributed by atoms with Crippen molar-refractivity contribution in [3.8, 4) is 6.07 Å². The zero-order valence-electron chi connectivity index (χ0n) is 10.0. The van der Waals surface area contributed by atoms with E-state index in [1.807, 2.05) is 31.2 Å². The van der Waals surface area contributed by atoms with Gasteiger partial charge in [-0.25, -0.2) is 0 Å². The third-order valence-electron chi connectivity index (χ3n) is 2.49. The molecule has 90 valence electrons. The molecule has 2 atom stereocenters. The Hall–Kier alpha value is -1.86. The number of hydrogen-bond acceptors (Lipinski definition) is 3. The molecular formula is C13H16N2O2. The molecule has 17 heavy (non-hydrogen) atoms. The van der Waals surface area contributed by atoms with Gasteiger partial charge in [-0.15, -0.1) is 0 Å². The van der Waals surface area contributed by atoms with Gasteiger partial charge in [0.25, 0.3) is 0 Å². The van der Waals surface area contributed by atoms with Gasteiger partial charge in [-0.1, -0.05) is 30.3 Å². The molecule has 0 fully saturated rings. The van der Waals surface area contributed by atoms with Crippen LogP contribution in [-0.4, -0.2) is 25.7 Å². The fraction of sp³-hybridized carbons (Fsp3) is 0.385. The van der Waals surface area contributed by atoms with E-state index in [-0.39, 0.29) is 12.0 Å². The van der Waals surface area contributed by atoms with Crippen molar-refractivity contribution in [3.63, 3.8) is 0 Å². The summed E-state index contributed by atoms with van der Waals surface area (Å²) in [6, 6.07) is 11.0. The number of nitriles is 1. The molecule has 0 saturated carbocycles. The molecule has 0 aliphatic rings. The van der Waals surface area contributed by atoms with E-state index in [0.717, 1.165) is 0 Å². The monoisotopic (exact) mass is 232 g/mol. The van der Waals surface area contributed by atoms with Crippen molar-refractivity contribution in [1.29, 1.82) is 5.26 Å². The lowest BCUT2D eigenvalue weighted by molar-refractivity contribution is -0.121. The zero-order chi connectivity index (χ0) is 12.7. The lowest BCUT2D eigenvalue weighted by Crippen LogP contribution is -2.34. The van der Waals surface area contributed by atoms with Crippen LogP contribution < -0.4 is 5.32 Å². The number of nitrogens with one attached hydrogen (secondary N) is 1. The molecule has 1 amide bonds. The van der Waals surface area contributed by atoms with Crippen LogP contribution in [0.15, 0.2) is 30.3 Å². The van der Waals surface area contributed by atoms with E-state index >= 15 is 0 Å². The Labute approximate surface area is 101 Å². The van der Waals surface area contributed by atoms with Crippen LogP contribution in [-0.2, 0) is 9.53 Å². The molecule has 0 aromatic heterocycles. The van der Waals surface area contributed by atoms with Crippen LogP contribution in [0.25, 0.3) is 0 Å². The second kappa shape index (κ2) is 6.66. The van der Waals surface area contributed by atoms with Gasteiger partial charge >= 0.3 is 0 Å². The Morgan fingerprint density at radius 1 is 1.47 bits per heavy atom. The first-order valence-electron chi connectivity index (χ1n) is 5.44. The van der Waals surface area contributed by atoms with Gasteiger partial charge in [-0.05, 0) is 12.5 Å². The van der Waals surface area contributed by atoms with Crippen molar-refractivity contribution in [2.75, 3.05) is 13.7 Å². The van der Waals surface area contributed by atoms with Crippen molar-refractivity contribution in [2.45, 2.75) is 18.9 Å². The minimum absolute atomic E-state index is 0.0610. The maximum absolute atomic E-state index is 11.8. The van der Waals surface area contributed by atoms with E-state index in [9.17, 15) is 4.79 Å². The van der Waals surface area contributed by atoms with Gasteiger partial charge in [0.15, 0.2) is 0 Å². The van der Waals surface area contributed by atoms with Gasteiger partial charge in [-0.3, -0.25) is 4.79 Å². The Kier molecular flexibility index (Phi) is 5.18. The van der Waals surface area contributed by atoms with Crippen molar-refractivity contribution < 1.29 is 9.53 Å². The SMILES string of the molecule is COC(C)CNC(=O)C(C#N)c1ccccc1. The quantitative estimate of drug-likeness (QED) is 0.835. The second-order valence-corrected chi connectivity index (χ2v) is 3.76. The van der Waals surface area contributed by atoms with E-state index in [2.05, 4.69) is 5.32 Å². The molecule has 0 aliphatic carbocycles. The number of amides is 1. The Morgan fingerprint density at radius 2 is 2.12 bits per heavy atom. The largest absolute Gasteiger partial charge is 0.380 e. The Balaban J connectivity index is 2.63. The fourth-order valence-corrected chi connectivity index (χ4v) is 1.36. The van der Waals surface area contributed by atoms with E-state index in [4.69, 9.17) is 10.00 Å². The molecule has 1 rings (SSSR count). The lowest BCUT2D eigenvalue weighted by Gasteiger charge is -2.13. The molecule has 2 unspecified atom stereocenters. The zero-order valence-corrected chi connectivity index (χ0v) is 10.0. The normalized spacial score (nSPS) is 13.5. The van der Waals surface area contributed by atoms with Gasteiger partial charge in [0, 0.05) is 13.7 Å². The minimum atomic E-state index is -0.764. The summed E-state index contributed by atoms with van der Waals surface area (Å²) in [5, 5.41) is 11.7. The molecule has 0 bridgehead atoms. The third kappa shape index (κ3) is 3.89. The standard InChI is InChI=1S/C13H16N2O2/c1-10(17-2)9-15-13(16)12(8-14)11-6-4-3-5-7-11/h3-7,10,12H,9H2,1-2H3,(H,15,16). The summed E-state index contributed by atoms with van der Waals surface area (Å²) in [5.74, 6) is -1.05. The van der Waals surface area contributed by atoms with Crippen LogP contribution in [0.5, 0.6) is 0 Å². The summed E-state index contributed by atoms with van der Waals surface area (Å²) in [5.41, 5.74) is 0.706. The number of carbonyl (C=O) groups is 1. The summed E-state index contributed by atoms with van der Waals surface area (Å²) in [6.45, 7) is 2.25. The van der Waals surface area contributed by atoms with Crippen molar-refractivity contribution in [3.05, 3.63) is 35.9 Å². The summed E-state index contributed by atoms with van der Waals surface area (Å²) in [6.07, 6.45) is -0.0610. The molecule has 0 radical (unpaired) electrons.